The van der Waals surface area contributed by atoms with Crippen LogP contribution < -0.4 is 5.32 Å². The van der Waals surface area contributed by atoms with Gasteiger partial charge in [-0.3, -0.25) is 9.69 Å². The molecule has 23 heavy (non-hydrogen) atoms. The minimum absolute atomic E-state index is 0.0213. The van der Waals surface area contributed by atoms with Gasteiger partial charge in [0.15, 0.2) is 6.29 Å². The fraction of sp³-hybridized carbons (Fsp3) is 0.611. The molecular weight excluding hydrogens is 292 g/mol. The van der Waals surface area contributed by atoms with Crippen LogP contribution in [0.3, 0.4) is 0 Å². The summed E-state index contributed by atoms with van der Waals surface area (Å²) >= 11 is 0. The third kappa shape index (κ3) is 4.53. The predicted octanol–water partition coefficient (Wildman–Crippen LogP) is 1.70. The summed E-state index contributed by atoms with van der Waals surface area (Å²) in [6.07, 6.45) is 2.05. The number of benzene rings is 1. The van der Waals surface area contributed by atoms with Crippen LogP contribution in [0.2, 0.25) is 0 Å². The van der Waals surface area contributed by atoms with Crippen LogP contribution in [0.25, 0.3) is 0 Å². The van der Waals surface area contributed by atoms with Crippen molar-refractivity contribution in [1.82, 2.24) is 10.2 Å². The van der Waals surface area contributed by atoms with Gasteiger partial charge >= 0.3 is 0 Å². The zero-order valence-electron chi connectivity index (χ0n) is 13.8. The third-order valence-corrected chi connectivity index (χ3v) is 4.77. The first-order valence-corrected chi connectivity index (χ1v) is 8.49. The lowest BCUT2D eigenvalue weighted by Gasteiger charge is -2.33. The molecule has 2 heterocycles. The van der Waals surface area contributed by atoms with Gasteiger partial charge in [-0.2, -0.15) is 0 Å². The van der Waals surface area contributed by atoms with E-state index in [1.165, 1.54) is 11.1 Å². The van der Waals surface area contributed by atoms with Crippen LogP contribution in [0.1, 0.15) is 24.0 Å². The van der Waals surface area contributed by atoms with Gasteiger partial charge in [-0.1, -0.05) is 24.3 Å². The van der Waals surface area contributed by atoms with Crippen LogP contribution in [0.4, 0.5) is 0 Å². The Kier molecular flexibility index (Phi) is 5.65. The average molecular weight is 318 g/mol. The van der Waals surface area contributed by atoms with Crippen molar-refractivity contribution in [3.8, 4) is 0 Å². The summed E-state index contributed by atoms with van der Waals surface area (Å²) in [4.78, 5) is 14.4. The van der Waals surface area contributed by atoms with Gasteiger partial charge in [-0.25, -0.2) is 0 Å². The highest BCUT2D eigenvalue weighted by molar-refractivity contribution is 5.78. The molecule has 1 amide bonds. The van der Waals surface area contributed by atoms with Crippen LogP contribution in [0, 0.1) is 12.8 Å². The maximum absolute atomic E-state index is 12.1. The number of piperidine rings is 1. The van der Waals surface area contributed by atoms with E-state index in [-0.39, 0.29) is 12.2 Å². The molecular formula is C18H26N2O3. The predicted molar refractivity (Wildman–Crippen MR) is 87.9 cm³/mol. The standard InChI is InChI=1S/C18H26N2O3/c1-14-4-2-3-5-16(14)12-19-17(21)13-20-8-6-15(7-9-20)18-22-10-11-23-18/h2-5,15,18H,6-13H2,1H3,(H,19,21). The highest BCUT2D eigenvalue weighted by Gasteiger charge is 2.30. The molecule has 0 aliphatic carbocycles. The molecule has 2 saturated heterocycles. The second-order valence-electron chi connectivity index (χ2n) is 6.43. The lowest BCUT2D eigenvalue weighted by molar-refractivity contribution is -0.124. The van der Waals surface area contributed by atoms with E-state index in [2.05, 4.69) is 29.3 Å². The van der Waals surface area contributed by atoms with Crippen LogP contribution in [-0.2, 0) is 20.8 Å². The third-order valence-electron chi connectivity index (χ3n) is 4.77. The van der Waals surface area contributed by atoms with Gasteiger partial charge in [0.1, 0.15) is 0 Å². The summed E-state index contributed by atoms with van der Waals surface area (Å²) in [7, 11) is 0. The normalized spacial score (nSPS) is 20.7. The summed E-state index contributed by atoms with van der Waals surface area (Å²) in [6.45, 7) is 6.45. The Balaban J connectivity index is 1.38. The second kappa shape index (κ2) is 7.90. The lowest BCUT2D eigenvalue weighted by Crippen LogP contribution is -2.43. The highest BCUT2D eigenvalue weighted by Crippen LogP contribution is 2.25. The summed E-state index contributed by atoms with van der Waals surface area (Å²) in [5, 5.41) is 3.02. The Morgan fingerprint density at radius 1 is 1.22 bits per heavy atom. The molecule has 0 unspecified atom stereocenters. The summed E-state index contributed by atoms with van der Waals surface area (Å²) in [5.41, 5.74) is 2.39. The number of rotatable bonds is 5. The molecule has 5 heteroatoms. The Morgan fingerprint density at radius 3 is 2.61 bits per heavy atom. The summed E-state index contributed by atoms with van der Waals surface area (Å²) in [6, 6.07) is 8.15. The van der Waals surface area contributed by atoms with E-state index in [0.29, 0.717) is 32.2 Å². The van der Waals surface area contributed by atoms with Gasteiger partial charge in [0.05, 0.1) is 19.8 Å². The van der Waals surface area contributed by atoms with E-state index in [0.717, 1.165) is 25.9 Å². The molecule has 1 aromatic rings. The second-order valence-corrected chi connectivity index (χ2v) is 6.43. The molecule has 3 rings (SSSR count). The van der Waals surface area contributed by atoms with Gasteiger partial charge < -0.3 is 14.8 Å². The molecule has 0 saturated carbocycles. The number of ether oxygens (including phenoxy) is 2. The molecule has 0 bridgehead atoms. The van der Waals surface area contributed by atoms with Crippen molar-refractivity contribution < 1.29 is 14.3 Å². The number of hydrogen-bond donors (Lipinski definition) is 1. The number of aryl methyl sites for hydroxylation is 1. The van der Waals surface area contributed by atoms with Crippen LogP contribution in [0.15, 0.2) is 24.3 Å². The van der Waals surface area contributed by atoms with Gasteiger partial charge in [0.2, 0.25) is 5.91 Å². The van der Waals surface area contributed by atoms with Crippen molar-refractivity contribution in [2.45, 2.75) is 32.6 Å². The van der Waals surface area contributed by atoms with Crippen molar-refractivity contribution in [1.29, 1.82) is 0 Å². The molecule has 0 radical (unpaired) electrons. The Labute approximate surface area is 137 Å². The molecule has 0 spiro atoms. The maximum Gasteiger partial charge on any atom is 0.234 e. The maximum atomic E-state index is 12.1. The number of carbonyl (C=O) groups is 1. The van der Waals surface area contributed by atoms with Crippen LogP contribution in [0.5, 0.6) is 0 Å². The number of nitrogens with zero attached hydrogens (tertiary/aromatic N) is 1. The Bertz CT molecular complexity index is 521. The van der Waals surface area contributed by atoms with E-state index in [9.17, 15) is 4.79 Å². The zero-order chi connectivity index (χ0) is 16.1. The molecule has 1 N–H and O–H groups in total. The van der Waals surface area contributed by atoms with Gasteiger partial charge in [-0.05, 0) is 44.0 Å². The fourth-order valence-electron chi connectivity index (χ4n) is 3.29. The van der Waals surface area contributed by atoms with E-state index < -0.39 is 0 Å². The van der Waals surface area contributed by atoms with Gasteiger partial charge in [0, 0.05) is 12.5 Å². The zero-order valence-corrected chi connectivity index (χ0v) is 13.8. The molecule has 5 nitrogen and oxygen atoms in total. The first kappa shape index (κ1) is 16.4. The molecule has 0 atom stereocenters. The quantitative estimate of drug-likeness (QED) is 0.898. The van der Waals surface area contributed by atoms with E-state index in [4.69, 9.17) is 9.47 Å². The Morgan fingerprint density at radius 2 is 1.91 bits per heavy atom. The smallest absolute Gasteiger partial charge is 0.234 e. The van der Waals surface area contributed by atoms with Crippen molar-refractivity contribution in [3.63, 3.8) is 0 Å². The average Bonchev–Trinajstić information content (AvgIpc) is 3.09. The van der Waals surface area contributed by atoms with Crippen LogP contribution in [-0.4, -0.2) is 49.9 Å². The molecule has 2 fully saturated rings. The topological polar surface area (TPSA) is 50.8 Å². The van der Waals surface area contributed by atoms with Gasteiger partial charge in [0.25, 0.3) is 0 Å². The first-order valence-electron chi connectivity index (χ1n) is 8.49. The van der Waals surface area contributed by atoms with E-state index >= 15 is 0 Å². The number of amides is 1. The Hall–Kier alpha value is -1.43. The monoisotopic (exact) mass is 318 g/mol. The number of nitrogens with one attached hydrogen (secondary N) is 1. The van der Waals surface area contributed by atoms with Gasteiger partial charge in [-0.15, -0.1) is 0 Å². The lowest BCUT2D eigenvalue weighted by atomic mass is 9.96. The first-order chi connectivity index (χ1) is 11.2. The number of carbonyl (C=O) groups excluding carboxylic acids is 1. The molecule has 2 aliphatic rings. The van der Waals surface area contributed by atoms with Crippen molar-refractivity contribution in [3.05, 3.63) is 35.4 Å². The minimum atomic E-state index is -0.0213. The molecule has 0 aromatic heterocycles. The summed E-state index contributed by atoms with van der Waals surface area (Å²) < 4.78 is 11.2. The van der Waals surface area contributed by atoms with Crippen molar-refractivity contribution >= 4 is 5.91 Å². The van der Waals surface area contributed by atoms with E-state index in [1.54, 1.807) is 0 Å². The SMILES string of the molecule is Cc1ccccc1CNC(=O)CN1CCC(C2OCCO2)CC1. The highest BCUT2D eigenvalue weighted by atomic mass is 16.7. The fourth-order valence-corrected chi connectivity index (χ4v) is 3.29. The largest absolute Gasteiger partial charge is 0.351 e. The number of hydrogen-bond acceptors (Lipinski definition) is 4. The summed E-state index contributed by atoms with van der Waals surface area (Å²) in [5.74, 6) is 0.573. The van der Waals surface area contributed by atoms with Crippen molar-refractivity contribution in [2.24, 2.45) is 5.92 Å². The van der Waals surface area contributed by atoms with Crippen molar-refractivity contribution in [2.75, 3.05) is 32.8 Å². The molecule has 2 aliphatic heterocycles. The van der Waals surface area contributed by atoms with E-state index in [1.807, 2.05) is 12.1 Å². The molecule has 1 aromatic carbocycles. The molecule has 126 valence electrons. The minimum Gasteiger partial charge on any atom is -0.351 e. The van der Waals surface area contributed by atoms with Crippen LogP contribution >= 0.6 is 0 Å². The number of likely N-dealkylation sites (tertiary alicyclic amines) is 1.